The molecule has 0 heterocycles. The minimum Gasteiger partial charge on any atom is -0.378 e. The average Bonchev–Trinajstić information content (AvgIpc) is 3.19. The molecule has 0 spiro atoms. The summed E-state index contributed by atoms with van der Waals surface area (Å²) in [4.78, 5) is 12.4. The van der Waals surface area contributed by atoms with Crippen LogP contribution in [0.15, 0.2) is 0 Å². The Balaban J connectivity index is 2.09. The fourth-order valence-electron chi connectivity index (χ4n) is 3.63. The van der Waals surface area contributed by atoms with Gasteiger partial charge in [-0.3, -0.25) is 4.79 Å². The van der Waals surface area contributed by atoms with Gasteiger partial charge in [-0.2, -0.15) is 0 Å². The van der Waals surface area contributed by atoms with Crippen LogP contribution in [0.4, 0.5) is 0 Å². The van der Waals surface area contributed by atoms with Crippen LogP contribution in [0, 0.1) is 5.41 Å². The van der Waals surface area contributed by atoms with Crippen molar-refractivity contribution < 1.29 is 17.9 Å². The van der Waals surface area contributed by atoms with E-state index < -0.39 is 20.7 Å². The number of nitrogens with one attached hydrogen (secondary N) is 1. The molecule has 6 nitrogen and oxygen atoms in total. The van der Waals surface area contributed by atoms with Gasteiger partial charge in [0.2, 0.25) is 15.9 Å². The van der Waals surface area contributed by atoms with Crippen molar-refractivity contribution in [3.63, 3.8) is 0 Å². The topological polar surface area (TPSA) is 98.5 Å². The highest BCUT2D eigenvalue weighted by Gasteiger charge is 2.62. The van der Waals surface area contributed by atoms with Crippen LogP contribution in [0.25, 0.3) is 0 Å². The lowest BCUT2D eigenvalue weighted by Gasteiger charge is -2.55. The predicted octanol–water partition coefficient (Wildman–Crippen LogP) is 0.907. The van der Waals surface area contributed by atoms with Crippen molar-refractivity contribution in [3.05, 3.63) is 0 Å². The molecular weight excluding hydrogens is 292 g/mol. The maximum atomic E-state index is 12.4. The Morgan fingerprint density at radius 1 is 1.29 bits per heavy atom. The summed E-state index contributed by atoms with van der Waals surface area (Å²) >= 11 is 0. The SMILES string of the molecule is CCO[C@H]1C[C@H](NC(=O)C2(S(N)(=O)=O)CC2)C1(CC)CC. The van der Waals surface area contributed by atoms with Crippen LogP contribution >= 0.6 is 0 Å². The summed E-state index contributed by atoms with van der Waals surface area (Å²) in [6.45, 7) is 6.77. The minimum absolute atomic E-state index is 0.0317. The quantitative estimate of drug-likeness (QED) is 0.729. The first-order valence-corrected chi connectivity index (χ1v) is 9.27. The van der Waals surface area contributed by atoms with Crippen molar-refractivity contribution >= 4 is 15.9 Å². The van der Waals surface area contributed by atoms with Gasteiger partial charge in [-0.25, -0.2) is 13.6 Å². The van der Waals surface area contributed by atoms with E-state index in [4.69, 9.17) is 9.88 Å². The molecule has 2 fully saturated rings. The zero-order chi connectivity index (χ0) is 15.9. The molecule has 0 saturated heterocycles. The van der Waals surface area contributed by atoms with Gasteiger partial charge in [0.15, 0.2) is 4.75 Å². The van der Waals surface area contributed by atoms with E-state index in [9.17, 15) is 13.2 Å². The van der Waals surface area contributed by atoms with Crippen LogP contribution in [0.3, 0.4) is 0 Å². The Bertz CT molecular complexity index is 509. The third-order valence-corrected chi connectivity index (χ3v) is 7.12. The molecule has 0 unspecified atom stereocenters. The number of amides is 1. The van der Waals surface area contributed by atoms with Crippen LogP contribution < -0.4 is 10.5 Å². The number of carbonyl (C=O) groups excluding carboxylic acids is 1. The van der Waals surface area contributed by atoms with E-state index in [1.165, 1.54) is 0 Å². The normalized spacial score (nSPS) is 29.5. The van der Waals surface area contributed by atoms with Crippen LogP contribution in [0.2, 0.25) is 0 Å². The van der Waals surface area contributed by atoms with Crippen LogP contribution in [0.1, 0.15) is 52.9 Å². The molecule has 2 rings (SSSR count). The van der Waals surface area contributed by atoms with Gasteiger partial charge in [-0.1, -0.05) is 13.8 Å². The number of hydrogen-bond acceptors (Lipinski definition) is 4. The van der Waals surface area contributed by atoms with Gasteiger partial charge < -0.3 is 10.1 Å². The van der Waals surface area contributed by atoms with Crippen LogP contribution in [-0.2, 0) is 19.6 Å². The smallest absolute Gasteiger partial charge is 0.243 e. The van der Waals surface area contributed by atoms with Gasteiger partial charge in [-0.05, 0) is 39.0 Å². The highest BCUT2D eigenvalue weighted by atomic mass is 32.2. The second-order valence-corrected chi connectivity index (χ2v) is 8.06. The van der Waals surface area contributed by atoms with E-state index in [0.29, 0.717) is 19.4 Å². The molecule has 0 aromatic rings. The molecular formula is C14H26N2O4S. The number of rotatable bonds is 7. The van der Waals surface area contributed by atoms with Crippen molar-refractivity contribution in [2.45, 2.75) is 69.8 Å². The van der Waals surface area contributed by atoms with Gasteiger partial charge in [-0.15, -0.1) is 0 Å². The number of sulfonamides is 1. The number of nitrogens with two attached hydrogens (primary N) is 1. The van der Waals surface area contributed by atoms with E-state index in [2.05, 4.69) is 19.2 Å². The molecule has 21 heavy (non-hydrogen) atoms. The van der Waals surface area contributed by atoms with Gasteiger partial charge in [0.25, 0.3) is 0 Å². The summed E-state index contributed by atoms with van der Waals surface area (Å²) in [5.41, 5.74) is -0.0971. The number of ether oxygens (including phenoxy) is 1. The molecule has 0 bridgehead atoms. The highest BCUT2D eigenvalue weighted by molar-refractivity contribution is 7.91. The zero-order valence-corrected chi connectivity index (χ0v) is 13.8. The van der Waals surface area contributed by atoms with E-state index in [-0.39, 0.29) is 17.6 Å². The predicted molar refractivity (Wildman–Crippen MR) is 80.0 cm³/mol. The van der Waals surface area contributed by atoms with Gasteiger partial charge in [0.05, 0.1) is 6.10 Å². The lowest BCUT2D eigenvalue weighted by molar-refractivity contribution is -0.148. The van der Waals surface area contributed by atoms with Gasteiger partial charge in [0, 0.05) is 18.1 Å². The van der Waals surface area contributed by atoms with E-state index in [1.54, 1.807) is 0 Å². The van der Waals surface area contributed by atoms with Crippen molar-refractivity contribution in [3.8, 4) is 0 Å². The second-order valence-electron chi connectivity index (χ2n) is 6.19. The Hall–Kier alpha value is -0.660. The van der Waals surface area contributed by atoms with Crippen molar-refractivity contribution in [1.82, 2.24) is 5.32 Å². The minimum atomic E-state index is -3.84. The molecule has 3 N–H and O–H groups in total. The molecule has 7 heteroatoms. The Morgan fingerprint density at radius 3 is 2.24 bits per heavy atom. The summed E-state index contributed by atoms with van der Waals surface area (Å²) < 4.78 is 27.6. The standard InChI is InChI=1S/C14H26N2O4S/c1-4-13(5-2)10(9-11(13)20-6-3)16-12(17)14(7-8-14)21(15,18)19/h10-11H,4-9H2,1-3H3,(H,16,17)(H2,15,18,19)/t10-,11-/m0/s1. The molecule has 1 amide bonds. The highest BCUT2D eigenvalue weighted by Crippen LogP contribution is 2.50. The van der Waals surface area contributed by atoms with Crippen LogP contribution in [0.5, 0.6) is 0 Å². The molecule has 122 valence electrons. The Kier molecular flexibility index (Phi) is 4.39. The molecule has 0 radical (unpaired) electrons. The van der Waals surface area contributed by atoms with E-state index >= 15 is 0 Å². The molecule has 0 aromatic heterocycles. The fourth-order valence-corrected chi connectivity index (χ4v) is 4.62. The van der Waals surface area contributed by atoms with Crippen molar-refractivity contribution in [2.75, 3.05) is 6.61 Å². The second kappa shape index (κ2) is 5.52. The lowest BCUT2D eigenvalue weighted by Crippen LogP contribution is -2.66. The Morgan fingerprint density at radius 2 is 1.86 bits per heavy atom. The third kappa shape index (κ3) is 2.49. The van der Waals surface area contributed by atoms with Crippen molar-refractivity contribution in [2.24, 2.45) is 10.6 Å². The largest absolute Gasteiger partial charge is 0.378 e. The Labute approximate surface area is 126 Å². The maximum Gasteiger partial charge on any atom is 0.243 e. The monoisotopic (exact) mass is 318 g/mol. The number of hydrogen-bond donors (Lipinski definition) is 2. The average molecular weight is 318 g/mol. The van der Waals surface area contributed by atoms with E-state index in [0.717, 1.165) is 19.3 Å². The first-order chi connectivity index (χ1) is 9.77. The summed E-state index contributed by atoms with van der Waals surface area (Å²) in [6, 6.07) is -0.0317. The lowest BCUT2D eigenvalue weighted by atomic mass is 9.58. The summed E-state index contributed by atoms with van der Waals surface area (Å²) in [5.74, 6) is -0.434. The molecule has 2 atom stereocenters. The molecule has 0 aromatic carbocycles. The third-order valence-electron chi connectivity index (χ3n) is 5.44. The maximum absolute atomic E-state index is 12.4. The number of carbonyl (C=O) groups is 1. The summed E-state index contributed by atoms with van der Waals surface area (Å²) in [6.07, 6.45) is 3.30. The van der Waals surface area contributed by atoms with Crippen molar-refractivity contribution in [1.29, 1.82) is 0 Å². The van der Waals surface area contributed by atoms with Crippen LogP contribution in [-0.4, -0.2) is 37.8 Å². The molecule has 2 aliphatic rings. The summed E-state index contributed by atoms with van der Waals surface area (Å²) in [7, 11) is -3.84. The first kappa shape index (κ1) is 16.7. The fraction of sp³-hybridized carbons (Fsp3) is 0.929. The zero-order valence-electron chi connectivity index (χ0n) is 13.0. The summed E-state index contributed by atoms with van der Waals surface area (Å²) in [5, 5.41) is 8.13. The van der Waals surface area contributed by atoms with Gasteiger partial charge >= 0.3 is 0 Å². The molecule has 0 aliphatic heterocycles. The van der Waals surface area contributed by atoms with E-state index in [1.807, 2.05) is 6.92 Å². The first-order valence-electron chi connectivity index (χ1n) is 7.72. The number of primary sulfonamides is 1. The van der Waals surface area contributed by atoms with Gasteiger partial charge in [0.1, 0.15) is 0 Å². The molecule has 2 saturated carbocycles. The molecule has 2 aliphatic carbocycles.